The predicted octanol–water partition coefficient (Wildman–Crippen LogP) is 3.64. The summed E-state index contributed by atoms with van der Waals surface area (Å²) in [7, 11) is 0. The van der Waals surface area contributed by atoms with Crippen LogP contribution in [-0.2, 0) is 6.42 Å². The van der Waals surface area contributed by atoms with Crippen molar-refractivity contribution in [1.82, 2.24) is 15.6 Å². The number of rotatable bonds is 8. The minimum atomic E-state index is -0.114. The zero-order valence-corrected chi connectivity index (χ0v) is 14.8. The van der Waals surface area contributed by atoms with Crippen LogP contribution in [0, 0.1) is 0 Å². The highest BCUT2D eigenvalue weighted by molar-refractivity contribution is 7.17. The van der Waals surface area contributed by atoms with E-state index in [1.165, 1.54) is 15.6 Å². The fourth-order valence-electron chi connectivity index (χ4n) is 2.57. The first-order valence-electron chi connectivity index (χ1n) is 8.44. The van der Waals surface area contributed by atoms with Gasteiger partial charge in [0.15, 0.2) is 0 Å². The van der Waals surface area contributed by atoms with Crippen LogP contribution in [0.2, 0.25) is 0 Å². The Morgan fingerprint density at radius 3 is 2.72 bits per heavy atom. The van der Waals surface area contributed by atoms with E-state index < -0.39 is 0 Å². The van der Waals surface area contributed by atoms with Gasteiger partial charge >= 0.3 is 6.03 Å². The Morgan fingerprint density at radius 2 is 1.84 bits per heavy atom. The van der Waals surface area contributed by atoms with Crippen molar-refractivity contribution in [3.8, 4) is 0 Å². The van der Waals surface area contributed by atoms with Gasteiger partial charge in [-0.05, 0) is 47.4 Å². The maximum atomic E-state index is 11.8. The predicted molar refractivity (Wildman–Crippen MR) is 104 cm³/mol. The van der Waals surface area contributed by atoms with Gasteiger partial charge in [0.05, 0.1) is 0 Å². The number of aromatic nitrogens is 1. The number of thiophene rings is 1. The Balaban J connectivity index is 1.29. The van der Waals surface area contributed by atoms with Crippen LogP contribution in [0.25, 0.3) is 10.1 Å². The second-order valence-electron chi connectivity index (χ2n) is 5.69. The number of nitrogens with zero attached hydrogens (tertiary/aromatic N) is 1. The molecule has 2 heterocycles. The molecule has 0 fully saturated rings. The molecular formula is C19H22N4OS. The summed E-state index contributed by atoms with van der Waals surface area (Å²) >= 11 is 1.75. The lowest BCUT2D eigenvalue weighted by atomic mass is 10.1. The van der Waals surface area contributed by atoms with E-state index in [9.17, 15) is 4.79 Å². The van der Waals surface area contributed by atoms with E-state index in [0.717, 1.165) is 25.2 Å². The van der Waals surface area contributed by atoms with E-state index in [1.54, 1.807) is 17.5 Å². The van der Waals surface area contributed by atoms with Gasteiger partial charge in [0.2, 0.25) is 0 Å². The van der Waals surface area contributed by atoms with Crippen LogP contribution in [0.4, 0.5) is 10.6 Å². The van der Waals surface area contributed by atoms with E-state index in [-0.39, 0.29) is 6.03 Å². The van der Waals surface area contributed by atoms with Gasteiger partial charge in [-0.15, -0.1) is 11.3 Å². The Hall–Kier alpha value is -2.60. The minimum Gasteiger partial charge on any atom is -0.370 e. The smallest absolute Gasteiger partial charge is 0.314 e. The summed E-state index contributed by atoms with van der Waals surface area (Å²) in [6, 6.07) is 14.0. The van der Waals surface area contributed by atoms with Gasteiger partial charge in [-0.25, -0.2) is 9.78 Å². The molecule has 0 saturated heterocycles. The third-order valence-corrected chi connectivity index (χ3v) is 4.86. The summed E-state index contributed by atoms with van der Waals surface area (Å²) < 4.78 is 1.29. The fraction of sp³-hybridized carbons (Fsp3) is 0.263. The zero-order chi connectivity index (χ0) is 17.3. The van der Waals surface area contributed by atoms with Crippen LogP contribution in [0.1, 0.15) is 12.0 Å². The topological polar surface area (TPSA) is 66.0 Å². The number of anilines is 1. The average Bonchev–Trinajstić information content (AvgIpc) is 3.06. The molecule has 3 aromatic rings. The lowest BCUT2D eigenvalue weighted by molar-refractivity contribution is 0.241. The van der Waals surface area contributed by atoms with Gasteiger partial charge in [-0.1, -0.05) is 24.3 Å². The molecule has 5 nitrogen and oxygen atoms in total. The normalized spacial score (nSPS) is 10.6. The largest absolute Gasteiger partial charge is 0.370 e. The lowest BCUT2D eigenvalue weighted by Gasteiger charge is -2.08. The molecule has 3 N–H and O–H groups in total. The van der Waals surface area contributed by atoms with Crippen LogP contribution in [0.5, 0.6) is 0 Å². The van der Waals surface area contributed by atoms with Crippen molar-refractivity contribution >= 4 is 33.3 Å². The second kappa shape index (κ2) is 9.03. The van der Waals surface area contributed by atoms with Gasteiger partial charge in [0.25, 0.3) is 0 Å². The Morgan fingerprint density at radius 1 is 1.00 bits per heavy atom. The zero-order valence-electron chi connectivity index (χ0n) is 14.0. The van der Waals surface area contributed by atoms with Crippen LogP contribution < -0.4 is 16.0 Å². The molecule has 0 atom stereocenters. The van der Waals surface area contributed by atoms with E-state index in [0.29, 0.717) is 13.1 Å². The lowest BCUT2D eigenvalue weighted by Crippen LogP contribution is -2.37. The van der Waals surface area contributed by atoms with Crippen molar-refractivity contribution in [1.29, 1.82) is 0 Å². The molecule has 0 radical (unpaired) electrons. The highest BCUT2D eigenvalue weighted by Crippen LogP contribution is 2.25. The molecule has 2 amide bonds. The van der Waals surface area contributed by atoms with Gasteiger partial charge in [-0.3, -0.25) is 0 Å². The molecule has 0 unspecified atom stereocenters. The van der Waals surface area contributed by atoms with Crippen molar-refractivity contribution in [2.75, 3.05) is 25.0 Å². The van der Waals surface area contributed by atoms with Crippen LogP contribution >= 0.6 is 11.3 Å². The number of hydrogen-bond donors (Lipinski definition) is 3. The number of carbonyl (C=O) groups is 1. The van der Waals surface area contributed by atoms with E-state index in [4.69, 9.17) is 0 Å². The summed E-state index contributed by atoms with van der Waals surface area (Å²) in [5, 5.41) is 12.5. The highest BCUT2D eigenvalue weighted by Gasteiger charge is 2.04. The monoisotopic (exact) mass is 354 g/mol. The van der Waals surface area contributed by atoms with Crippen molar-refractivity contribution in [2.24, 2.45) is 0 Å². The van der Waals surface area contributed by atoms with Crippen LogP contribution in [0.15, 0.2) is 54.0 Å². The molecule has 3 rings (SSSR count). The molecule has 1 aromatic carbocycles. The van der Waals surface area contributed by atoms with E-state index >= 15 is 0 Å². The highest BCUT2D eigenvalue weighted by atomic mass is 32.1. The molecule has 0 bridgehead atoms. The standard InChI is InChI=1S/C19H22N4OS/c24-19(22-12-5-11-21-18-8-3-4-10-20-18)23-13-9-15-14-25-17-7-2-1-6-16(15)17/h1-4,6-8,10,14H,5,9,11-13H2,(H,20,21)(H2,22,23,24). The Kier molecular flexibility index (Phi) is 6.23. The third-order valence-electron chi connectivity index (χ3n) is 3.85. The quantitative estimate of drug-likeness (QED) is 0.541. The Bertz CT molecular complexity index is 803. The number of amides is 2. The number of urea groups is 1. The SMILES string of the molecule is O=C(NCCCNc1ccccn1)NCCc1csc2ccccc12. The summed E-state index contributed by atoms with van der Waals surface area (Å²) in [6.07, 6.45) is 3.45. The molecule has 6 heteroatoms. The first-order valence-corrected chi connectivity index (χ1v) is 9.32. The maximum Gasteiger partial charge on any atom is 0.314 e. The van der Waals surface area contributed by atoms with E-state index in [1.807, 2.05) is 18.2 Å². The molecule has 2 aromatic heterocycles. The molecular weight excluding hydrogens is 332 g/mol. The summed E-state index contributed by atoms with van der Waals surface area (Å²) in [5.41, 5.74) is 1.29. The van der Waals surface area contributed by atoms with Gasteiger partial charge in [0.1, 0.15) is 5.82 Å². The van der Waals surface area contributed by atoms with Crippen molar-refractivity contribution in [3.05, 3.63) is 59.6 Å². The molecule has 0 aliphatic rings. The average molecular weight is 354 g/mol. The van der Waals surface area contributed by atoms with Crippen molar-refractivity contribution in [2.45, 2.75) is 12.8 Å². The second-order valence-corrected chi connectivity index (χ2v) is 6.60. The number of benzene rings is 1. The number of carbonyl (C=O) groups excluding carboxylic acids is 1. The maximum absolute atomic E-state index is 11.8. The molecule has 25 heavy (non-hydrogen) atoms. The minimum absolute atomic E-state index is 0.114. The van der Waals surface area contributed by atoms with Crippen LogP contribution in [-0.4, -0.2) is 30.6 Å². The number of hydrogen-bond acceptors (Lipinski definition) is 4. The summed E-state index contributed by atoms with van der Waals surface area (Å²) in [5.74, 6) is 0.856. The van der Waals surface area contributed by atoms with Crippen molar-refractivity contribution in [3.63, 3.8) is 0 Å². The molecule has 0 saturated carbocycles. The van der Waals surface area contributed by atoms with Gasteiger partial charge in [0, 0.05) is 30.5 Å². The third kappa shape index (κ3) is 5.19. The van der Waals surface area contributed by atoms with Crippen molar-refractivity contribution < 1.29 is 4.79 Å². The van der Waals surface area contributed by atoms with Gasteiger partial charge < -0.3 is 16.0 Å². The Labute approximate surface area is 151 Å². The fourth-order valence-corrected chi connectivity index (χ4v) is 3.57. The first-order chi connectivity index (χ1) is 12.3. The van der Waals surface area contributed by atoms with Crippen LogP contribution in [0.3, 0.4) is 0 Å². The van der Waals surface area contributed by atoms with Gasteiger partial charge in [-0.2, -0.15) is 0 Å². The molecule has 0 aliphatic heterocycles. The first kappa shape index (κ1) is 17.2. The summed E-state index contributed by atoms with van der Waals surface area (Å²) in [6.45, 7) is 2.05. The molecule has 0 aliphatic carbocycles. The molecule has 130 valence electrons. The number of pyridine rings is 1. The molecule has 0 spiro atoms. The summed E-state index contributed by atoms with van der Waals surface area (Å²) in [4.78, 5) is 16.0. The van der Waals surface area contributed by atoms with E-state index in [2.05, 4.69) is 50.6 Å². The number of fused-ring (bicyclic) bond motifs is 1. The number of nitrogens with one attached hydrogen (secondary N) is 3.